The van der Waals surface area contributed by atoms with E-state index in [1.165, 1.54) is 39.2 Å². The van der Waals surface area contributed by atoms with Crippen molar-refractivity contribution in [2.24, 2.45) is 11.1 Å². The Morgan fingerprint density at radius 3 is 2.25 bits per heavy atom. The first kappa shape index (κ1) is 15.4. The van der Waals surface area contributed by atoms with E-state index in [-0.39, 0.29) is 5.97 Å². The van der Waals surface area contributed by atoms with Crippen LogP contribution in [-0.2, 0) is 9.53 Å². The van der Waals surface area contributed by atoms with Crippen LogP contribution in [0, 0.1) is 5.41 Å². The first-order valence-corrected chi connectivity index (χ1v) is 6.39. The molecule has 3 heteroatoms. The highest BCUT2D eigenvalue weighted by Crippen LogP contribution is 2.25. The number of unbranched alkanes of at least 4 members (excludes halogenated alkanes) is 5. The molecule has 0 bridgehead atoms. The molecule has 1 unspecified atom stereocenters. The average Bonchev–Trinajstić information content (AvgIpc) is 2.32. The standard InChI is InChI=1S/C13H27NO2/c1-4-5-6-7-8-9-10-13(2,11-14)12(15)16-3/h4-11,14H2,1-3H3. The van der Waals surface area contributed by atoms with Crippen molar-refractivity contribution in [1.29, 1.82) is 0 Å². The predicted octanol–water partition coefficient (Wildman–Crippen LogP) is 2.88. The Morgan fingerprint density at radius 1 is 1.19 bits per heavy atom. The number of hydrogen-bond donors (Lipinski definition) is 1. The Balaban J connectivity index is 3.74. The molecule has 0 aromatic heterocycles. The highest BCUT2D eigenvalue weighted by molar-refractivity contribution is 5.76. The van der Waals surface area contributed by atoms with E-state index >= 15 is 0 Å². The molecule has 0 rings (SSSR count). The Hall–Kier alpha value is -0.570. The Morgan fingerprint density at radius 2 is 1.75 bits per heavy atom. The van der Waals surface area contributed by atoms with Crippen LogP contribution >= 0.6 is 0 Å². The van der Waals surface area contributed by atoms with Crippen LogP contribution in [0.5, 0.6) is 0 Å². The van der Waals surface area contributed by atoms with Crippen molar-refractivity contribution in [2.45, 2.75) is 58.8 Å². The quantitative estimate of drug-likeness (QED) is 0.488. The summed E-state index contributed by atoms with van der Waals surface area (Å²) in [7, 11) is 1.43. The van der Waals surface area contributed by atoms with Gasteiger partial charge in [-0.1, -0.05) is 45.4 Å². The number of carbonyl (C=O) groups excluding carboxylic acids is 1. The van der Waals surface area contributed by atoms with Crippen LogP contribution in [0.2, 0.25) is 0 Å². The van der Waals surface area contributed by atoms with Crippen molar-refractivity contribution < 1.29 is 9.53 Å². The molecule has 1 atom stereocenters. The molecule has 0 saturated heterocycles. The third-order valence-electron chi connectivity index (χ3n) is 3.21. The third kappa shape index (κ3) is 5.50. The van der Waals surface area contributed by atoms with Crippen molar-refractivity contribution >= 4 is 5.97 Å². The predicted molar refractivity (Wildman–Crippen MR) is 67.2 cm³/mol. The van der Waals surface area contributed by atoms with Crippen LogP contribution in [0.1, 0.15) is 58.8 Å². The lowest BCUT2D eigenvalue weighted by Gasteiger charge is -2.24. The summed E-state index contributed by atoms with van der Waals surface area (Å²) in [5.41, 5.74) is 5.16. The molecule has 0 aromatic rings. The zero-order valence-electron chi connectivity index (χ0n) is 11.1. The van der Waals surface area contributed by atoms with Gasteiger partial charge in [-0.15, -0.1) is 0 Å². The number of esters is 1. The average molecular weight is 229 g/mol. The smallest absolute Gasteiger partial charge is 0.312 e. The van der Waals surface area contributed by atoms with Gasteiger partial charge >= 0.3 is 5.97 Å². The number of methoxy groups -OCH3 is 1. The molecule has 16 heavy (non-hydrogen) atoms. The zero-order valence-corrected chi connectivity index (χ0v) is 11.1. The molecule has 0 heterocycles. The van der Waals surface area contributed by atoms with E-state index in [1.807, 2.05) is 6.92 Å². The molecule has 0 spiro atoms. The Kier molecular flexibility index (Phi) is 8.26. The molecule has 0 fully saturated rings. The van der Waals surface area contributed by atoms with Crippen LogP contribution in [0.4, 0.5) is 0 Å². The third-order valence-corrected chi connectivity index (χ3v) is 3.21. The van der Waals surface area contributed by atoms with E-state index in [1.54, 1.807) is 0 Å². The minimum Gasteiger partial charge on any atom is -0.469 e. The van der Waals surface area contributed by atoms with Crippen molar-refractivity contribution in [1.82, 2.24) is 0 Å². The van der Waals surface area contributed by atoms with Crippen LogP contribution in [0.15, 0.2) is 0 Å². The van der Waals surface area contributed by atoms with Gasteiger partial charge in [-0.3, -0.25) is 4.79 Å². The molecular weight excluding hydrogens is 202 g/mol. The van der Waals surface area contributed by atoms with E-state index in [0.29, 0.717) is 6.54 Å². The number of ether oxygens (including phenoxy) is 1. The molecule has 2 N–H and O–H groups in total. The van der Waals surface area contributed by atoms with Gasteiger partial charge in [0.15, 0.2) is 0 Å². The second-order valence-corrected chi connectivity index (χ2v) is 4.77. The van der Waals surface area contributed by atoms with Gasteiger partial charge < -0.3 is 10.5 Å². The van der Waals surface area contributed by atoms with E-state index < -0.39 is 5.41 Å². The summed E-state index contributed by atoms with van der Waals surface area (Å²) in [5.74, 6) is -0.177. The zero-order chi connectivity index (χ0) is 12.4. The van der Waals surface area contributed by atoms with Gasteiger partial charge in [0, 0.05) is 6.54 Å². The summed E-state index contributed by atoms with van der Waals surface area (Å²) in [6.45, 7) is 4.47. The molecule has 0 amide bonds. The Labute approximate surface area is 99.7 Å². The molecule has 0 aliphatic rings. The van der Waals surface area contributed by atoms with Gasteiger partial charge in [0.1, 0.15) is 0 Å². The summed E-state index contributed by atoms with van der Waals surface area (Å²) >= 11 is 0. The molecule has 0 aliphatic heterocycles. The fourth-order valence-corrected chi connectivity index (χ4v) is 1.83. The first-order valence-electron chi connectivity index (χ1n) is 6.39. The number of rotatable bonds is 9. The van der Waals surface area contributed by atoms with Gasteiger partial charge in [0.25, 0.3) is 0 Å². The highest BCUT2D eigenvalue weighted by Gasteiger charge is 2.31. The van der Waals surface area contributed by atoms with Gasteiger partial charge in [0.05, 0.1) is 12.5 Å². The normalized spacial score (nSPS) is 14.5. The summed E-state index contributed by atoms with van der Waals surface area (Å²) in [5, 5.41) is 0. The van der Waals surface area contributed by atoms with Gasteiger partial charge in [0.2, 0.25) is 0 Å². The summed E-state index contributed by atoms with van der Waals surface area (Å²) in [4.78, 5) is 11.5. The number of hydrogen-bond acceptors (Lipinski definition) is 3. The maximum atomic E-state index is 11.5. The molecule has 0 aliphatic carbocycles. The van der Waals surface area contributed by atoms with Crippen molar-refractivity contribution in [3.63, 3.8) is 0 Å². The van der Waals surface area contributed by atoms with E-state index in [9.17, 15) is 4.79 Å². The van der Waals surface area contributed by atoms with Crippen LogP contribution in [0.3, 0.4) is 0 Å². The molecule has 0 radical (unpaired) electrons. The first-order chi connectivity index (χ1) is 7.60. The van der Waals surface area contributed by atoms with Crippen LogP contribution < -0.4 is 5.73 Å². The largest absolute Gasteiger partial charge is 0.469 e. The second kappa shape index (κ2) is 8.57. The SMILES string of the molecule is CCCCCCCCC(C)(CN)C(=O)OC. The molecule has 0 aromatic carbocycles. The van der Waals surface area contributed by atoms with Gasteiger partial charge in [-0.2, -0.15) is 0 Å². The topological polar surface area (TPSA) is 52.3 Å². The van der Waals surface area contributed by atoms with Crippen molar-refractivity contribution in [3.8, 4) is 0 Å². The van der Waals surface area contributed by atoms with Crippen LogP contribution in [0.25, 0.3) is 0 Å². The summed E-state index contributed by atoms with van der Waals surface area (Å²) in [6, 6.07) is 0. The maximum absolute atomic E-state index is 11.5. The fraction of sp³-hybridized carbons (Fsp3) is 0.923. The minimum atomic E-state index is -0.487. The molecule has 3 nitrogen and oxygen atoms in total. The van der Waals surface area contributed by atoms with Crippen molar-refractivity contribution in [2.75, 3.05) is 13.7 Å². The van der Waals surface area contributed by atoms with Crippen LogP contribution in [-0.4, -0.2) is 19.6 Å². The van der Waals surface area contributed by atoms with Crippen molar-refractivity contribution in [3.05, 3.63) is 0 Å². The number of nitrogens with two attached hydrogens (primary N) is 1. The molecule has 96 valence electrons. The fourth-order valence-electron chi connectivity index (χ4n) is 1.83. The summed E-state index contributed by atoms with van der Waals surface area (Å²) < 4.78 is 4.78. The minimum absolute atomic E-state index is 0.177. The lowest BCUT2D eigenvalue weighted by Crippen LogP contribution is -2.36. The lowest BCUT2D eigenvalue weighted by molar-refractivity contribution is -0.151. The van der Waals surface area contributed by atoms with Gasteiger partial charge in [-0.05, 0) is 13.3 Å². The second-order valence-electron chi connectivity index (χ2n) is 4.77. The Bertz CT molecular complexity index is 194. The van der Waals surface area contributed by atoms with E-state index in [2.05, 4.69) is 6.92 Å². The lowest BCUT2D eigenvalue weighted by atomic mass is 9.84. The van der Waals surface area contributed by atoms with E-state index in [0.717, 1.165) is 12.8 Å². The van der Waals surface area contributed by atoms with E-state index in [4.69, 9.17) is 10.5 Å². The summed E-state index contributed by atoms with van der Waals surface area (Å²) in [6.07, 6.45) is 8.22. The molecule has 0 saturated carbocycles. The van der Waals surface area contributed by atoms with Gasteiger partial charge in [-0.25, -0.2) is 0 Å². The monoisotopic (exact) mass is 229 g/mol. The number of carbonyl (C=O) groups is 1. The maximum Gasteiger partial charge on any atom is 0.312 e. The highest BCUT2D eigenvalue weighted by atomic mass is 16.5. The molecular formula is C13H27NO2.